The molecule has 1 unspecified atom stereocenters. The Bertz CT molecular complexity index is 525. The minimum Gasteiger partial charge on any atom is -0.392 e. The molecule has 33 heavy (non-hydrogen) atoms. The van der Waals surface area contributed by atoms with Crippen LogP contribution in [0.4, 0.5) is 4.39 Å². The first-order valence-electron chi connectivity index (χ1n) is 14.4. The second-order valence-electron chi connectivity index (χ2n) is 11.9. The molecule has 0 aromatic rings. The van der Waals surface area contributed by atoms with E-state index in [1.54, 1.807) is 0 Å². The van der Waals surface area contributed by atoms with Crippen LogP contribution < -0.4 is 0 Å². The number of aliphatic hydroxyl groups is 2. The van der Waals surface area contributed by atoms with Gasteiger partial charge in [-0.05, 0) is 94.4 Å². The van der Waals surface area contributed by atoms with Gasteiger partial charge >= 0.3 is 0 Å². The average Bonchev–Trinajstić information content (AvgIpc) is 2.84. The van der Waals surface area contributed by atoms with E-state index in [1.165, 1.54) is 64.2 Å². The summed E-state index contributed by atoms with van der Waals surface area (Å²) in [4.78, 5) is 2.22. The van der Waals surface area contributed by atoms with Gasteiger partial charge in [0.05, 0.1) is 18.3 Å². The molecule has 1 heterocycles. The molecule has 0 aromatic carbocycles. The monoisotopic (exact) mass is 467 g/mol. The summed E-state index contributed by atoms with van der Waals surface area (Å²) in [5.74, 6) is 2.03. The Morgan fingerprint density at radius 2 is 1.39 bits per heavy atom. The molecule has 192 valence electrons. The van der Waals surface area contributed by atoms with E-state index in [4.69, 9.17) is 4.74 Å². The molecule has 0 aromatic heterocycles. The zero-order valence-corrected chi connectivity index (χ0v) is 20.9. The molecule has 0 amide bonds. The Labute approximate surface area is 201 Å². The van der Waals surface area contributed by atoms with Gasteiger partial charge in [-0.3, -0.25) is 4.90 Å². The third-order valence-electron chi connectivity index (χ3n) is 9.52. The first-order valence-corrected chi connectivity index (χ1v) is 14.4. The summed E-state index contributed by atoms with van der Waals surface area (Å²) in [6.45, 7) is 2.99. The largest absolute Gasteiger partial charge is 0.392 e. The number of halogens is 1. The lowest BCUT2D eigenvalue weighted by molar-refractivity contribution is -0.0642. The number of hydrogen-bond donors (Lipinski definition) is 2. The molecule has 0 radical (unpaired) electrons. The Morgan fingerprint density at radius 1 is 0.788 bits per heavy atom. The van der Waals surface area contributed by atoms with E-state index in [0.29, 0.717) is 38.0 Å². The van der Waals surface area contributed by atoms with Crippen molar-refractivity contribution in [3.05, 3.63) is 0 Å². The molecule has 3 saturated carbocycles. The van der Waals surface area contributed by atoms with Crippen LogP contribution in [0.25, 0.3) is 0 Å². The number of β-amino-alcohol motifs (C(OH)–C–C–N with tert-alkyl or cyclic N) is 2. The number of aliphatic hydroxyl groups excluding tert-OH is 2. The first-order chi connectivity index (χ1) is 16.1. The predicted octanol–water partition coefficient (Wildman–Crippen LogP) is 5.49. The van der Waals surface area contributed by atoms with Crippen LogP contribution in [0.15, 0.2) is 0 Å². The lowest BCUT2D eigenvalue weighted by Gasteiger charge is -2.40. The highest BCUT2D eigenvalue weighted by molar-refractivity contribution is 4.86. The van der Waals surface area contributed by atoms with Gasteiger partial charge in [-0.25, -0.2) is 4.39 Å². The van der Waals surface area contributed by atoms with Gasteiger partial charge in [0.2, 0.25) is 0 Å². The van der Waals surface area contributed by atoms with Crippen molar-refractivity contribution in [2.75, 3.05) is 26.2 Å². The van der Waals surface area contributed by atoms with E-state index in [0.717, 1.165) is 50.7 Å². The fourth-order valence-electron chi connectivity index (χ4n) is 7.36. The number of hydrogen-bond acceptors (Lipinski definition) is 4. The summed E-state index contributed by atoms with van der Waals surface area (Å²) in [5.41, 5.74) is 0. The standard InChI is InChI=1S/C28H50FNO3/c29-25-13-11-21(12-14-25)26(31)19-30-17-15-22(27(32)20-30)16-18-33-28(23-7-3-1-4-8-23)24-9-5-2-6-10-24/h21-28,31-32H,1-20H2/t21?,22?,25?,26-,27+/m1/s1. The van der Waals surface area contributed by atoms with E-state index in [9.17, 15) is 14.6 Å². The maximum atomic E-state index is 13.4. The van der Waals surface area contributed by atoms with Crippen molar-refractivity contribution in [2.45, 2.75) is 127 Å². The number of alkyl halides is 1. The molecule has 5 heteroatoms. The quantitative estimate of drug-likeness (QED) is 0.470. The molecule has 4 fully saturated rings. The van der Waals surface area contributed by atoms with E-state index < -0.39 is 12.3 Å². The number of nitrogens with zero attached hydrogens (tertiary/aromatic N) is 1. The van der Waals surface area contributed by atoms with Crippen LogP contribution in [0.2, 0.25) is 0 Å². The second-order valence-corrected chi connectivity index (χ2v) is 11.9. The van der Waals surface area contributed by atoms with Gasteiger partial charge in [0.1, 0.15) is 6.17 Å². The van der Waals surface area contributed by atoms with Crippen molar-refractivity contribution >= 4 is 0 Å². The van der Waals surface area contributed by atoms with Gasteiger partial charge in [0, 0.05) is 19.7 Å². The SMILES string of the molecule is O[C@H](CN1CCC(CCOC(C2CCCCC2)C2CCCCC2)[C@@H](O)C1)C1CCC(F)CC1. The summed E-state index contributed by atoms with van der Waals surface area (Å²) in [7, 11) is 0. The average molecular weight is 468 g/mol. The molecular formula is C28H50FNO3. The minimum atomic E-state index is -0.677. The third kappa shape index (κ3) is 7.62. The van der Waals surface area contributed by atoms with Crippen LogP contribution in [-0.2, 0) is 4.74 Å². The van der Waals surface area contributed by atoms with Gasteiger partial charge in [-0.1, -0.05) is 38.5 Å². The van der Waals surface area contributed by atoms with Crippen molar-refractivity contribution in [1.29, 1.82) is 0 Å². The summed E-state index contributed by atoms with van der Waals surface area (Å²) < 4.78 is 20.1. The lowest BCUT2D eigenvalue weighted by atomic mass is 9.75. The van der Waals surface area contributed by atoms with Crippen LogP contribution >= 0.6 is 0 Å². The molecule has 0 bridgehead atoms. The normalized spacial score (nSPS) is 34.5. The zero-order valence-electron chi connectivity index (χ0n) is 20.9. The number of rotatable bonds is 9. The first kappa shape index (κ1) is 25.9. The Morgan fingerprint density at radius 3 is 1.97 bits per heavy atom. The molecule has 1 aliphatic heterocycles. The van der Waals surface area contributed by atoms with Crippen LogP contribution in [0.3, 0.4) is 0 Å². The number of likely N-dealkylation sites (tertiary alicyclic amines) is 1. The highest BCUT2D eigenvalue weighted by atomic mass is 19.1. The highest BCUT2D eigenvalue weighted by Gasteiger charge is 2.34. The van der Waals surface area contributed by atoms with Crippen molar-refractivity contribution in [3.63, 3.8) is 0 Å². The molecule has 4 aliphatic rings. The molecule has 0 spiro atoms. The van der Waals surface area contributed by atoms with Crippen LogP contribution in [-0.4, -0.2) is 65.8 Å². The summed E-state index contributed by atoms with van der Waals surface area (Å²) in [5, 5.41) is 21.5. The smallest absolute Gasteiger partial charge is 0.100 e. The van der Waals surface area contributed by atoms with Crippen molar-refractivity contribution in [3.8, 4) is 0 Å². The molecule has 3 atom stereocenters. The van der Waals surface area contributed by atoms with Crippen LogP contribution in [0, 0.1) is 23.7 Å². The minimum absolute atomic E-state index is 0.219. The van der Waals surface area contributed by atoms with E-state index in [1.807, 2.05) is 0 Å². The van der Waals surface area contributed by atoms with E-state index in [2.05, 4.69) is 4.90 Å². The molecular weight excluding hydrogens is 417 g/mol. The molecule has 4 nitrogen and oxygen atoms in total. The Balaban J connectivity index is 1.19. The number of piperidine rings is 1. The van der Waals surface area contributed by atoms with Gasteiger partial charge < -0.3 is 14.9 Å². The van der Waals surface area contributed by atoms with E-state index >= 15 is 0 Å². The number of ether oxygens (including phenoxy) is 1. The van der Waals surface area contributed by atoms with Crippen LogP contribution in [0.1, 0.15) is 103 Å². The van der Waals surface area contributed by atoms with Crippen molar-refractivity contribution in [2.24, 2.45) is 23.7 Å². The highest BCUT2D eigenvalue weighted by Crippen LogP contribution is 2.38. The molecule has 4 rings (SSSR count). The van der Waals surface area contributed by atoms with Gasteiger partial charge in [0.15, 0.2) is 0 Å². The van der Waals surface area contributed by atoms with Gasteiger partial charge in [0.25, 0.3) is 0 Å². The third-order valence-corrected chi connectivity index (χ3v) is 9.52. The summed E-state index contributed by atoms with van der Waals surface area (Å²) in [6.07, 6.45) is 17.4. The van der Waals surface area contributed by atoms with Gasteiger partial charge in [-0.15, -0.1) is 0 Å². The van der Waals surface area contributed by atoms with Crippen molar-refractivity contribution in [1.82, 2.24) is 4.90 Å². The Kier molecular flexibility index (Phi) is 10.3. The molecule has 2 N–H and O–H groups in total. The fourth-order valence-corrected chi connectivity index (χ4v) is 7.36. The maximum Gasteiger partial charge on any atom is 0.100 e. The topological polar surface area (TPSA) is 52.9 Å². The summed E-state index contributed by atoms with van der Waals surface area (Å²) in [6, 6.07) is 0. The van der Waals surface area contributed by atoms with Gasteiger partial charge in [-0.2, -0.15) is 0 Å². The second kappa shape index (κ2) is 13.2. The Hall–Kier alpha value is -0.230. The lowest BCUT2D eigenvalue weighted by Crippen LogP contribution is -2.48. The van der Waals surface area contributed by atoms with Crippen molar-refractivity contribution < 1.29 is 19.3 Å². The fraction of sp³-hybridized carbons (Fsp3) is 1.00. The molecule has 1 saturated heterocycles. The van der Waals surface area contributed by atoms with Crippen LogP contribution in [0.5, 0.6) is 0 Å². The maximum absolute atomic E-state index is 13.4. The van der Waals surface area contributed by atoms with E-state index in [-0.39, 0.29) is 12.0 Å². The zero-order chi connectivity index (χ0) is 23.0. The molecule has 3 aliphatic carbocycles. The summed E-state index contributed by atoms with van der Waals surface area (Å²) >= 11 is 0. The predicted molar refractivity (Wildman–Crippen MR) is 131 cm³/mol.